The number of hydrogen-bond donors (Lipinski definition) is 1. The molecule has 1 aliphatic heterocycles. The van der Waals surface area contributed by atoms with Crippen LogP contribution in [0, 0.1) is 0 Å². The molecular weight excluding hydrogens is 212 g/mol. The van der Waals surface area contributed by atoms with E-state index >= 15 is 0 Å². The first-order valence-electron chi connectivity index (χ1n) is 7.12. The Balaban J connectivity index is 2.16. The highest BCUT2D eigenvalue weighted by Gasteiger charge is 2.29. The van der Waals surface area contributed by atoms with Crippen LogP contribution in [0.25, 0.3) is 0 Å². The van der Waals surface area contributed by atoms with E-state index in [1.807, 2.05) is 0 Å². The Bertz CT molecular complexity index is 206. The summed E-state index contributed by atoms with van der Waals surface area (Å²) in [5, 5.41) is 3.55. The molecule has 0 aromatic rings. The number of hydrogen-bond acceptors (Lipinski definition) is 3. The second-order valence-corrected chi connectivity index (χ2v) is 5.85. The minimum Gasteiger partial charge on any atom is -0.378 e. The molecule has 0 bridgehead atoms. The van der Waals surface area contributed by atoms with Crippen molar-refractivity contribution in [1.29, 1.82) is 0 Å². The first-order chi connectivity index (χ1) is 8.06. The van der Waals surface area contributed by atoms with E-state index < -0.39 is 0 Å². The molecule has 1 rings (SSSR count). The molecule has 1 atom stereocenters. The standard InChI is InChI=1S/C14H30N2O/c1-5-8-15-13(2)7-6-9-16-10-11-17-12-14(16,3)4/h13,15H,5-12H2,1-4H3. The van der Waals surface area contributed by atoms with Gasteiger partial charge in [0.2, 0.25) is 0 Å². The summed E-state index contributed by atoms with van der Waals surface area (Å²) in [6, 6.07) is 0.652. The lowest BCUT2D eigenvalue weighted by Crippen LogP contribution is -2.53. The number of rotatable bonds is 7. The predicted octanol–water partition coefficient (Wildman–Crippen LogP) is 2.27. The van der Waals surface area contributed by atoms with Crippen molar-refractivity contribution in [3.8, 4) is 0 Å². The summed E-state index contributed by atoms with van der Waals surface area (Å²) < 4.78 is 5.54. The predicted molar refractivity (Wildman–Crippen MR) is 73.5 cm³/mol. The van der Waals surface area contributed by atoms with Gasteiger partial charge in [0.05, 0.1) is 13.2 Å². The average Bonchev–Trinajstić information content (AvgIpc) is 2.28. The monoisotopic (exact) mass is 242 g/mol. The quantitative estimate of drug-likeness (QED) is 0.741. The van der Waals surface area contributed by atoms with Crippen molar-refractivity contribution in [1.82, 2.24) is 10.2 Å². The molecule has 1 N–H and O–H groups in total. The summed E-state index contributed by atoms with van der Waals surface area (Å²) in [5.74, 6) is 0. The Labute approximate surface area is 107 Å². The number of nitrogens with zero attached hydrogens (tertiary/aromatic N) is 1. The van der Waals surface area contributed by atoms with E-state index in [4.69, 9.17) is 4.74 Å². The molecule has 0 aromatic heterocycles. The van der Waals surface area contributed by atoms with Crippen molar-refractivity contribution in [2.45, 2.75) is 58.5 Å². The van der Waals surface area contributed by atoms with Gasteiger partial charge in [-0.25, -0.2) is 0 Å². The van der Waals surface area contributed by atoms with Crippen molar-refractivity contribution in [2.75, 3.05) is 32.8 Å². The summed E-state index contributed by atoms with van der Waals surface area (Å²) in [5.41, 5.74) is 0.221. The van der Waals surface area contributed by atoms with Crippen LogP contribution in [0.4, 0.5) is 0 Å². The zero-order valence-corrected chi connectivity index (χ0v) is 12.1. The summed E-state index contributed by atoms with van der Waals surface area (Å²) >= 11 is 0. The van der Waals surface area contributed by atoms with Crippen molar-refractivity contribution < 1.29 is 4.74 Å². The normalized spacial score (nSPS) is 22.6. The lowest BCUT2D eigenvalue weighted by atomic mass is 10.0. The zero-order valence-electron chi connectivity index (χ0n) is 12.1. The lowest BCUT2D eigenvalue weighted by Gasteiger charge is -2.42. The zero-order chi connectivity index (χ0) is 12.7. The Morgan fingerprint density at radius 3 is 2.82 bits per heavy atom. The summed E-state index contributed by atoms with van der Waals surface area (Å²) in [4.78, 5) is 2.57. The fourth-order valence-corrected chi connectivity index (χ4v) is 2.39. The van der Waals surface area contributed by atoms with E-state index in [0.29, 0.717) is 6.04 Å². The van der Waals surface area contributed by atoms with Crippen LogP contribution in [0.3, 0.4) is 0 Å². The first kappa shape index (κ1) is 14.9. The van der Waals surface area contributed by atoms with Crippen LogP contribution in [0.1, 0.15) is 47.0 Å². The molecule has 0 aliphatic carbocycles. The second-order valence-electron chi connectivity index (χ2n) is 5.85. The lowest BCUT2D eigenvalue weighted by molar-refractivity contribution is -0.0514. The maximum Gasteiger partial charge on any atom is 0.0645 e. The van der Waals surface area contributed by atoms with Gasteiger partial charge in [0.15, 0.2) is 0 Å². The number of ether oxygens (including phenoxy) is 1. The van der Waals surface area contributed by atoms with Crippen molar-refractivity contribution in [3.05, 3.63) is 0 Å². The largest absolute Gasteiger partial charge is 0.378 e. The van der Waals surface area contributed by atoms with Gasteiger partial charge < -0.3 is 10.1 Å². The van der Waals surface area contributed by atoms with Crippen LogP contribution in [-0.4, -0.2) is 49.3 Å². The van der Waals surface area contributed by atoms with Crippen LogP contribution < -0.4 is 5.32 Å². The van der Waals surface area contributed by atoms with Gasteiger partial charge in [-0.3, -0.25) is 4.90 Å². The molecule has 0 radical (unpaired) electrons. The van der Waals surface area contributed by atoms with Crippen LogP contribution >= 0.6 is 0 Å². The van der Waals surface area contributed by atoms with Crippen LogP contribution in [-0.2, 0) is 4.74 Å². The van der Waals surface area contributed by atoms with Gasteiger partial charge in [-0.1, -0.05) is 6.92 Å². The average molecular weight is 242 g/mol. The van der Waals surface area contributed by atoms with E-state index in [9.17, 15) is 0 Å². The van der Waals surface area contributed by atoms with Crippen molar-refractivity contribution >= 4 is 0 Å². The number of nitrogens with one attached hydrogen (secondary N) is 1. The summed E-state index contributed by atoms with van der Waals surface area (Å²) in [6.07, 6.45) is 3.77. The highest BCUT2D eigenvalue weighted by Crippen LogP contribution is 2.19. The number of morpholine rings is 1. The fourth-order valence-electron chi connectivity index (χ4n) is 2.39. The molecule has 3 heteroatoms. The van der Waals surface area contributed by atoms with Gasteiger partial charge in [0, 0.05) is 18.1 Å². The topological polar surface area (TPSA) is 24.5 Å². The first-order valence-corrected chi connectivity index (χ1v) is 7.12. The van der Waals surface area contributed by atoms with Gasteiger partial charge in [0.25, 0.3) is 0 Å². The Morgan fingerprint density at radius 2 is 2.18 bits per heavy atom. The van der Waals surface area contributed by atoms with Crippen LogP contribution in [0.2, 0.25) is 0 Å². The van der Waals surface area contributed by atoms with Crippen molar-refractivity contribution in [3.63, 3.8) is 0 Å². The smallest absolute Gasteiger partial charge is 0.0645 e. The fraction of sp³-hybridized carbons (Fsp3) is 1.00. The molecule has 1 fully saturated rings. The highest BCUT2D eigenvalue weighted by atomic mass is 16.5. The molecule has 102 valence electrons. The maximum absolute atomic E-state index is 5.54. The van der Waals surface area contributed by atoms with Crippen LogP contribution in [0.15, 0.2) is 0 Å². The summed E-state index contributed by atoms with van der Waals surface area (Å²) in [7, 11) is 0. The maximum atomic E-state index is 5.54. The molecule has 1 heterocycles. The van der Waals surface area contributed by atoms with E-state index in [1.165, 1.54) is 25.8 Å². The van der Waals surface area contributed by atoms with Crippen LogP contribution in [0.5, 0.6) is 0 Å². The summed E-state index contributed by atoms with van der Waals surface area (Å²) in [6.45, 7) is 14.3. The van der Waals surface area contributed by atoms with E-state index in [2.05, 4.69) is 37.9 Å². The molecule has 0 saturated carbocycles. The Morgan fingerprint density at radius 1 is 1.41 bits per heavy atom. The highest BCUT2D eigenvalue weighted by molar-refractivity contribution is 4.84. The molecule has 0 aromatic carbocycles. The van der Waals surface area contributed by atoms with E-state index in [0.717, 1.165) is 26.3 Å². The molecule has 0 amide bonds. The molecule has 0 spiro atoms. The van der Waals surface area contributed by atoms with Gasteiger partial charge >= 0.3 is 0 Å². The van der Waals surface area contributed by atoms with Gasteiger partial charge in [-0.05, 0) is 53.1 Å². The minimum absolute atomic E-state index is 0.221. The molecule has 1 saturated heterocycles. The molecule has 3 nitrogen and oxygen atoms in total. The molecule has 1 aliphatic rings. The SMILES string of the molecule is CCCNC(C)CCCN1CCOCC1(C)C. The Kier molecular flexibility index (Phi) is 6.45. The molecule has 1 unspecified atom stereocenters. The third-order valence-corrected chi connectivity index (χ3v) is 3.62. The van der Waals surface area contributed by atoms with Gasteiger partial charge in [-0.15, -0.1) is 0 Å². The molecular formula is C14H30N2O. The third-order valence-electron chi connectivity index (χ3n) is 3.62. The second kappa shape index (κ2) is 7.34. The minimum atomic E-state index is 0.221. The van der Waals surface area contributed by atoms with E-state index in [-0.39, 0.29) is 5.54 Å². The Hall–Kier alpha value is -0.120. The van der Waals surface area contributed by atoms with E-state index in [1.54, 1.807) is 0 Å². The van der Waals surface area contributed by atoms with Gasteiger partial charge in [-0.2, -0.15) is 0 Å². The van der Waals surface area contributed by atoms with Gasteiger partial charge in [0.1, 0.15) is 0 Å². The van der Waals surface area contributed by atoms with Crippen molar-refractivity contribution in [2.24, 2.45) is 0 Å². The third kappa shape index (κ3) is 5.36. The molecule has 17 heavy (non-hydrogen) atoms.